The zero-order chi connectivity index (χ0) is 18.7. The number of halogens is 1. The Morgan fingerprint density at radius 1 is 1.15 bits per heavy atom. The van der Waals surface area contributed by atoms with E-state index >= 15 is 0 Å². The van der Waals surface area contributed by atoms with E-state index in [4.69, 9.17) is 21.1 Å². The highest BCUT2D eigenvalue weighted by atomic mass is 35.5. The van der Waals surface area contributed by atoms with E-state index in [1.807, 2.05) is 12.1 Å². The lowest BCUT2D eigenvalue weighted by Crippen LogP contribution is -2.01. The van der Waals surface area contributed by atoms with Crippen LogP contribution in [0.1, 0.15) is 30.6 Å². The predicted octanol–water partition coefficient (Wildman–Crippen LogP) is 5.07. The van der Waals surface area contributed by atoms with Gasteiger partial charge >= 0.3 is 11.6 Å². The first-order valence-corrected chi connectivity index (χ1v) is 9.41. The summed E-state index contributed by atoms with van der Waals surface area (Å²) in [6.07, 6.45) is 3.50. The van der Waals surface area contributed by atoms with Gasteiger partial charge in [-0.15, -0.1) is 11.3 Å². The number of aliphatic carboxylic acids is 1. The summed E-state index contributed by atoms with van der Waals surface area (Å²) in [6, 6.07) is 8.48. The fourth-order valence-electron chi connectivity index (χ4n) is 2.71. The molecule has 1 aromatic carbocycles. The van der Waals surface area contributed by atoms with E-state index in [9.17, 15) is 14.7 Å². The van der Waals surface area contributed by atoms with Gasteiger partial charge in [-0.1, -0.05) is 18.0 Å². The van der Waals surface area contributed by atoms with E-state index in [0.717, 1.165) is 29.0 Å². The van der Waals surface area contributed by atoms with Crippen LogP contribution >= 0.6 is 22.9 Å². The van der Waals surface area contributed by atoms with Crippen LogP contribution in [0.5, 0.6) is 5.75 Å². The number of rotatable bonds is 7. The van der Waals surface area contributed by atoms with Crippen molar-refractivity contribution in [1.82, 2.24) is 0 Å². The molecule has 0 saturated carbocycles. The number of unbranched alkanes of at least 4 members (excludes halogenated alkanes) is 2. The van der Waals surface area contributed by atoms with Crippen molar-refractivity contribution in [3.05, 3.63) is 50.7 Å². The standard InChI is InChI=1S/C19H17ClO5S/c20-14-9-11-8-13(19(24)25-16(11)10-15(14)21)17-7-6-12(26-17)4-2-1-3-5-18(22)23/h6-10,21H,1-5H2,(H,22,23). The first-order chi connectivity index (χ1) is 12.4. The lowest BCUT2D eigenvalue weighted by atomic mass is 10.1. The average molecular weight is 393 g/mol. The zero-order valence-electron chi connectivity index (χ0n) is 13.8. The summed E-state index contributed by atoms with van der Waals surface area (Å²) in [5.74, 6) is -0.892. The highest BCUT2D eigenvalue weighted by Gasteiger charge is 2.12. The Bertz CT molecular complexity index is 1000. The Morgan fingerprint density at radius 2 is 1.96 bits per heavy atom. The second kappa shape index (κ2) is 7.93. The van der Waals surface area contributed by atoms with Gasteiger partial charge in [-0.3, -0.25) is 4.79 Å². The number of phenolic OH excluding ortho intramolecular Hbond substituents is 1. The predicted molar refractivity (Wildman–Crippen MR) is 102 cm³/mol. The molecule has 0 aliphatic heterocycles. The van der Waals surface area contributed by atoms with E-state index in [1.165, 1.54) is 17.4 Å². The van der Waals surface area contributed by atoms with Crippen molar-refractivity contribution in [1.29, 1.82) is 0 Å². The van der Waals surface area contributed by atoms with Crippen molar-refractivity contribution in [3.8, 4) is 16.2 Å². The first kappa shape index (κ1) is 18.5. The molecule has 3 rings (SSSR count). The summed E-state index contributed by atoms with van der Waals surface area (Å²) in [5, 5.41) is 19.1. The molecule has 7 heteroatoms. The van der Waals surface area contributed by atoms with E-state index in [-0.39, 0.29) is 22.8 Å². The molecule has 5 nitrogen and oxygen atoms in total. The van der Waals surface area contributed by atoms with Gasteiger partial charge in [0.05, 0.1) is 10.6 Å². The Balaban J connectivity index is 1.76. The van der Waals surface area contributed by atoms with Crippen LogP contribution in [0, 0.1) is 0 Å². The average Bonchev–Trinajstić information content (AvgIpc) is 3.04. The summed E-state index contributed by atoms with van der Waals surface area (Å²) in [4.78, 5) is 24.7. The van der Waals surface area contributed by atoms with E-state index in [1.54, 1.807) is 12.1 Å². The topological polar surface area (TPSA) is 87.7 Å². The summed E-state index contributed by atoms with van der Waals surface area (Å²) in [5.41, 5.74) is 0.284. The number of aryl methyl sites for hydroxylation is 1. The van der Waals surface area contributed by atoms with Gasteiger partial charge in [0, 0.05) is 27.6 Å². The fraction of sp³-hybridized carbons (Fsp3) is 0.263. The van der Waals surface area contributed by atoms with Crippen LogP contribution in [0.15, 0.2) is 39.5 Å². The van der Waals surface area contributed by atoms with E-state index in [2.05, 4.69) is 0 Å². The van der Waals surface area contributed by atoms with Gasteiger partial charge in [-0.2, -0.15) is 0 Å². The maximum Gasteiger partial charge on any atom is 0.345 e. The van der Waals surface area contributed by atoms with Gasteiger partial charge < -0.3 is 14.6 Å². The summed E-state index contributed by atoms with van der Waals surface area (Å²) >= 11 is 7.45. The van der Waals surface area contributed by atoms with Gasteiger partial charge in [0.15, 0.2) is 0 Å². The molecule has 2 aromatic heterocycles. The molecular weight excluding hydrogens is 376 g/mol. The maximum absolute atomic E-state index is 12.3. The molecule has 0 amide bonds. The number of fused-ring (bicyclic) bond motifs is 1. The molecule has 3 aromatic rings. The molecule has 136 valence electrons. The Hall–Kier alpha value is -2.31. The molecule has 2 heterocycles. The van der Waals surface area contributed by atoms with Crippen molar-refractivity contribution in [2.45, 2.75) is 32.1 Å². The van der Waals surface area contributed by atoms with Crippen LogP contribution in [0.2, 0.25) is 5.02 Å². The molecule has 0 unspecified atom stereocenters. The second-order valence-corrected chi connectivity index (χ2v) is 7.58. The van der Waals surface area contributed by atoms with Gasteiger partial charge in [0.2, 0.25) is 0 Å². The number of carboxylic acid groups (broad SMARTS) is 1. The Kier molecular flexibility index (Phi) is 5.64. The van der Waals surface area contributed by atoms with Crippen LogP contribution in [-0.4, -0.2) is 16.2 Å². The number of carbonyl (C=O) groups is 1. The van der Waals surface area contributed by atoms with Crippen molar-refractivity contribution < 1.29 is 19.4 Å². The molecule has 0 aliphatic carbocycles. The number of aromatic hydroxyl groups is 1. The number of phenols is 1. The third-order valence-electron chi connectivity index (χ3n) is 4.04. The highest BCUT2D eigenvalue weighted by molar-refractivity contribution is 7.15. The molecule has 0 radical (unpaired) electrons. The molecule has 0 spiro atoms. The van der Waals surface area contributed by atoms with Crippen LogP contribution in [0.4, 0.5) is 0 Å². The molecule has 0 bridgehead atoms. The van der Waals surface area contributed by atoms with Crippen molar-refractivity contribution in [2.24, 2.45) is 0 Å². The minimum Gasteiger partial charge on any atom is -0.506 e. The maximum atomic E-state index is 12.3. The number of carboxylic acids is 1. The Morgan fingerprint density at radius 3 is 2.73 bits per heavy atom. The van der Waals surface area contributed by atoms with Crippen LogP contribution in [-0.2, 0) is 11.2 Å². The van der Waals surface area contributed by atoms with Crippen LogP contribution in [0.3, 0.4) is 0 Å². The van der Waals surface area contributed by atoms with Gasteiger partial charge in [0.25, 0.3) is 0 Å². The number of hydrogen-bond acceptors (Lipinski definition) is 5. The molecule has 0 saturated heterocycles. The minimum atomic E-state index is -0.764. The molecular formula is C19H17ClO5S. The number of benzene rings is 1. The molecule has 26 heavy (non-hydrogen) atoms. The summed E-state index contributed by atoms with van der Waals surface area (Å²) in [7, 11) is 0. The van der Waals surface area contributed by atoms with Crippen molar-refractivity contribution >= 4 is 39.9 Å². The largest absolute Gasteiger partial charge is 0.506 e. The zero-order valence-corrected chi connectivity index (χ0v) is 15.4. The summed E-state index contributed by atoms with van der Waals surface area (Å²) < 4.78 is 5.30. The second-order valence-electron chi connectivity index (χ2n) is 6.01. The van der Waals surface area contributed by atoms with Gasteiger partial charge in [-0.25, -0.2) is 4.79 Å². The third kappa shape index (κ3) is 4.26. The first-order valence-electron chi connectivity index (χ1n) is 8.21. The van der Waals surface area contributed by atoms with Crippen molar-refractivity contribution in [3.63, 3.8) is 0 Å². The van der Waals surface area contributed by atoms with Crippen molar-refractivity contribution in [2.75, 3.05) is 0 Å². The lowest BCUT2D eigenvalue weighted by Gasteiger charge is -2.02. The van der Waals surface area contributed by atoms with Gasteiger partial charge in [-0.05, 0) is 43.5 Å². The molecule has 2 N–H and O–H groups in total. The molecule has 0 atom stereocenters. The quantitative estimate of drug-likeness (QED) is 0.433. The highest BCUT2D eigenvalue weighted by Crippen LogP contribution is 2.32. The molecule has 0 aliphatic rings. The normalized spacial score (nSPS) is 11.1. The third-order valence-corrected chi connectivity index (χ3v) is 5.52. The summed E-state index contributed by atoms with van der Waals surface area (Å²) in [6.45, 7) is 0. The van der Waals surface area contributed by atoms with Gasteiger partial charge in [0.1, 0.15) is 11.3 Å². The van der Waals surface area contributed by atoms with E-state index in [0.29, 0.717) is 17.4 Å². The monoisotopic (exact) mass is 392 g/mol. The fourth-order valence-corrected chi connectivity index (χ4v) is 3.93. The lowest BCUT2D eigenvalue weighted by molar-refractivity contribution is -0.137. The van der Waals surface area contributed by atoms with Crippen LogP contribution < -0.4 is 5.63 Å². The van der Waals surface area contributed by atoms with Crippen LogP contribution in [0.25, 0.3) is 21.4 Å². The molecule has 0 fully saturated rings. The Labute approximate surface area is 158 Å². The SMILES string of the molecule is O=C(O)CCCCCc1ccc(-c2cc3cc(Cl)c(O)cc3oc2=O)s1. The minimum absolute atomic E-state index is 0.128. The number of hydrogen-bond donors (Lipinski definition) is 2. The van der Waals surface area contributed by atoms with E-state index < -0.39 is 11.6 Å². The number of thiophene rings is 1. The smallest absolute Gasteiger partial charge is 0.345 e.